The van der Waals surface area contributed by atoms with Gasteiger partial charge in [0.05, 0.1) is 17.7 Å². The summed E-state index contributed by atoms with van der Waals surface area (Å²) in [6.07, 6.45) is -4.44. The highest BCUT2D eigenvalue weighted by Crippen LogP contribution is 2.35. The minimum absolute atomic E-state index is 0.205. The van der Waals surface area contributed by atoms with Crippen molar-refractivity contribution in [1.82, 2.24) is 0 Å². The van der Waals surface area contributed by atoms with Gasteiger partial charge >= 0.3 is 12.1 Å². The molecule has 0 aliphatic carbocycles. The Morgan fingerprint density at radius 1 is 1.14 bits per heavy atom. The van der Waals surface area contributed by atoms with Crippen LogP contribution in [-0.4, -0.2) is 12.6 Å². The first kappa shape index (κ1) is 16.4. The van der Waals surface area contributed by atoms with Crippen molar-refractivity contribution in [1.29, 1.82) is 0 Å². The molecule has 0 aromatic heterocycles. The fraction of sp³-hybridized carbons (Fsp3) is 0.188. The van der Waals surface area contributed by atoms with Crippen molar-refractivity contribution in [3.63, 3.8) is 0 Å². The Bertz CT molecular complexity index is 679. The van der Waals surface area contributed by atoms with Crippen molar-refractivity contribution < 1.29 is 22.7 Å². The fourth-order valence-electron chi connectivity index (χ4n) is 1.92. The van der Waals surface area contributed by atoms with Crippen LogP contribution in [0.25, 0.3) is 11.1 Å². The van der Waals surface area contributed by atoms with Gasteiger partial charge in [0.2, 0.25) is 0 Å². The van der Waals surface area contributed by atoms with Crippen LogP contribution in [0.15, 0.2) is 42.5 Å². The molecular weight excluding hydrogens is 317 g/mol. The molecule has 0 aliphatic heterocycles. The van der Waals surface area contributed by atoms with Crippen molar-refractivity contribution in [2.24, 2.45) is 0 Å². The standard InChI is InChI=1S/C16H12ClF3O2/c1-2-22-15(21)11-5-3-10(4-6-11)13-9-12(16(18,19)20)7-8-14(13)17/h3-9H,2H2,1H3. The van der Waals surface area contributed by atoms with E-state index in [1.54, 1.807) is 6.92 Å². The van der Waals surface area contributed by atoms with Crippen LogP contribution in [0.2, 0.25) is 5.02 Å². The Kier molecular flexibility index (Phi) is 4.76. The Morgan fingerprint density at radius 2 is 1.77 bits per heavy atom. The third kappa shape index (κ3) is 3.60. The Balaban J connectivity index is 2.38. The van der Waals surface area contributed by atoms with Crippen molar-refractivity contribution in [3.05, 3.63) is 58.6 Å². The lowest BCUT2D eigenvalue weighted by atomic mass is 10.0. The zero-order valence-electron chi connectivity index (χ0n) is 11.6. The molecule has 22 heavy (non-hydrogen) atoms. The molecule has 2 nitrogen and oxygen atoms in total. The molecule has 0 radical (unpaired) electrons. The number of hydrogen-bond acceptors (Lipinski definition) is 2. The van der Waals surface area contributed by atoms with Gasteiger partial charge in [0.15, 0.2) is 0 Å². The maximum Gasteiger partial charge on any atom is 0.416 e. The first-order valence-corrected chi connectivity index (χ1v) is 6.85. The molecule has 0 atom stereocenters. The second-order valence-electron chi connectivity index (χ2n) is 4.49. The molecule has 0 saturated carbocycles. The lowest BCUT2D eigenvalue weighted by Gasteiger charge is -2.11. The van der Waals surface area contributed by atoms with Crippen LogP contribution in [0.3, 0.4) is 0 Å². The molecule has 0 heterocycles. The molecule has 0 fully saturated rings. The largest absolute Gasteiger partial charge is 0.462 e. The van der Waals surface area contributed by atoms with E-state index >= 15 is 0 Å². The average Bonchev–Trinajstić information content (AvgIpc) is 2.47. The SMILES string of the molecule is CCOC(=O)c1ccc(-c2cc(C(F)(F)F)ccc2Cl)cc1. The maximum absolute atomic E-state index is 12.8. The van der Waals surface area contributed by atoms with Crippen LogP contribution >= 0.6 is 11.6 Å². The number of carbonyl (C=O) groups is 1. The van der Waals surface area contributed by atoms with Crippen LogP contribution in [-0.2, 0) is 10.9 Å². The molecule has 116 valence electrons. The van der Waals surface area contributed by atoms with E-state index in [9.17, 15) is 18.0 Å². The van der Waals surface area contributed by atoms with Gasteiger partial charge in [-0.25, -0.2) is 4.79 Å². The lowest BCUT2D eigenvalue weighted by molar-refractivity contribution is -0.137. The summed E-state index contributed by atoms with van der Waals surface area (Å²) in [5, 5.41) is 0.205. The zero-order chi connectivity index (χ0) is 16.3. The first-order chi connectivity index (χ1) is 10.3. The van der Waals surface area contributed by atoms with E-state index in [1.165, 1.54) is 30.3 Å². The predicted octanol–water partition coefficient (Wildman–Crippen LogP) is 5.20. The van der Waals surface area contributed by atoms with Crippen LogP contribution in [0.1, 0.15) is 22.8 Å². The molecule has 0 saturated heterocycles. The molecular formula is C16H12ClF3O2. The molecule has 0 aliphatic rings. The van der Waals surface area contributed by atoms with Crippen LogP contribution in [0.4, 0.5) is 13.2 Å². The Labute approximate surface area is 130 Å². The number of rotatable bonds is 3. The van der Waals surface area contributed by atoms with Crippen molar-refractivity contribution in [3.8, 4) is 11.1 Å². The van der Waals surface area contributed by atoms with Crippen LogP contribution in [0, 0.1) is 0 Å². The van der Waals surface area contributed by atoms with Crippen molar-refractivity contribution in [2.45, 2.75) is 13.1 Å². The molecule has 2 rings (SSSR count). The van der Waals surface area contributed by atoms with E-state index < -0.39 is 17.7 Å². The van der Waals surface area contributed by atoms with E-state index in [-0.39, 0.29) is 17.2 Å². The molecule has 0 bridgehead atoms. The van der Waals surface area contributed by atoms with Gasteiger partial charge in [-0.2, -0.15) is 13.2 Å². The molecule has 2 aromatic rings. The second-order valence-corrected chi connectivity index (χ2v) is 4.90. The van der Waals surface area contributed by atoms with Gasteiger partial charge in [-0.1, -0.05) is 23.7 Å². The highest BCUT2D eigenvalue weighted by atomic mass is 35.5. The summed E-state index contributed by atoms with van der Waals surface area (Å²) < 4.78 is 43.1. The third-order valence-electron chi connectivity index (χ3n) is 3.00. The number of esters is 1. The quantitative estimate of drug-likeness (QED) is 0.724. The van der Waals surface area contributed by atoms with Gasteiger partial charge in [0.1, 0.15) is 0 Å². The number of hydrogen-bond donors (Lipinski definition) is 0. The highest BCUT2D eigenvalue weighted by Gasteiger charge is 2.31. The highest BCUT2D eigenvalue weighted by molar-refractivity contribution is 6.33. The monoisotopic (exact) mass is 328 g/mol. The van der Waals surface area contributed by atoms with Gasteiger partial charge < -0.3 is 4.74 Å². The number of alkyl halides is 3. The molecule has 0 amide bonds. The molecule has 0 spiro atoms. The number of carbonyl (C=O) groups excluding carboxylic acids is 1. The summed E-state index contributed by atoms with van der Waals surface area (Å²) in [4.78, 5) is 11.5. The van der Waals surface area contributed by atoms with Gasteiger partial charge in [-0.15, -0.1) is 0 Å². The third-order valence-corrected chi connectivity index (χ3v) is 3.33. The smallest absolute Gasteiger partial charge is 0.416 e. The van der Waals surface area contributed by atoms with Gasteiger partial charge in [0, 0.05) is 10.6 Å². The molecule has 2 aromatic carbocycles. The average molecular weight is 329 g/mol. The van der Waals surface area contributed by atoms with E-state index in [0.717, 1.165) is 12.1 Å². The summed E-state index contributed by atoms with van der Waals surface area (Å²) in [6.45, 7) is 1.94. The normalized spacial score (nSPS) is 11.3. The van der Waals surface area contributed by atoms with Crippen molar-refractivity contribution in [2.75, 3.05) is 6.61 Å². The van der Waals surface area contributed by atoms with E-state index in [1.807, 2.05) is 0 Å². The topological polar surface area (TPSA) is 26.3 Å². The first-order valence-electron chi connectivity index (χ1n) is 6.47. The number of halogens is 4. The minimum atomic E-state index is -4.44. The summed E-state index contributed by atoms with van der Waals surface area (Å²) in [6, 6.07) is 9.18. The predicted molar refractivity (Wildman–Crippen MR) is 77.8 cm³/mol. The Hall–Kier alpha value is -2.01. The Morgan fingerprint density at radius 3 is 2.32 bits per heavy atom. The zero-order valence-corrected chi connectivity index (χ0v) is 12.3. The summed E-state index contributed by atoms with van der Waals surface area (Å²) in [5.41, 5.74) is 0.297. The molecule has 0 unspecified atom stereocenters. The van der Waals surface area contributed by atoms with Crippen molar-refractivity contribution >= 4 is 17.6 Å². The fourth-order valence-corrected chi connectivity index (χ4v) is 2.15. The van der Waals surface area contributed by atoms with E-state index in [2.05, 4.69) is 0 Å². The van der Waals surface area contributed by atoms with E-state index in [4.69, 9.17) is 16.3 Å². The van der Waals surface area contributed by atoms with Gasteiger partial charge in [-0.3, -0.25) is 0 Å². The molecule has 0 N–H and O–H groups in total. The van der Waals surface area contributed by atoms with Gasteiger partial charge in [0.25, 0.3) is 0 Å². The number of ether oxygens (including phenoxy) is 1. The van der Waals surface area contributed by atoms with Crippen LogP contribution < -0.4 is 0 Å². The summed E-state index contributed by atoms with van der Waals surface area (Å²) in [7, 11) is 0. The van der Waals surface area contributed by atoms with Crippen LogP contribution in [0.5, 0.6) is 0 Å². The second kappa shape index (κ2) is 6.40. The minimum Gasteiger partial charge on any atom is -0.462 e. The summed E-state index contributed by atoms with van der Waals surface area (Å²) in [5.74, 6) is -0.482. The summed E-state index contributed by atoms with van der Waals surface area (Å²) >= 11 is 5.97. The van der Waals surface area contributed by atoms with E-state index in [0.29, 0.717) is 11.1 Å². The lowest BCUT2D eigenvalue weighted by Crippen LogP contribution is -2.05. The van der Waals surface area contributed by atoms with Gasteiger partial charge in [-0.05, 0) is 42.8 Å². The maximum atomic E-state index is 12.8. The molecule has 6 heteroatoms. The number of benzene rings is 2.